The first-order chi connectivity index (χ1) is 13.4. The number of carbonyl (C=O) groups excluding carboxylic acids is 2. The topological polar surface area (TPSA) is 71.1 Å². The predicted molar refractivity (Wildman–Crippen MR) is 118 cm³/mol. The highest BCUT2D eigenvalue weighted by atomic mass is 79.9. The molecular weight excluding hydrogens is 438 g/mol. The monoisotopic (exact) mass is 457 g/mol. The van der Waals surface area contributed by atoms with Gasteiger partial charge in [-0.2, -0.15) is 0 Å². The van der Waals surface area contributed by atoms with E-state index in [0.29, 0.717) is 17.1 Å². The number of aromatic nitrogens is 1. The summed E-state index contributed by atoms with van der Waals surface area (Å²) in [5.74, 6) is -0.390. The van der Waals surface area contributed by atoms with Gasteiger partial charge in [0.25, 0.3) is 0 Å². The molecule has 2 amide bonds. The first-order valence-corrected chi connectivity index (χ1v) is 10.5. The number of anilines is 2. The largest absolute Gasteiger partial charge is 0.325 e. The Kier molecular flexibility index (Phi) is 6.59. The fourth-order valence-electron chi connectivity index (χ4n) is 2.68. The number of hydrogen-bond acceptors (Lipinski definition) is 4. The molecule has 0 aliphatic carbocycles. The van der Waals surface area contributed by atoms with Crippen molar-refractivity contribution in [2.45, 2.75) is 26.7 Å². The molecule has 0 saturated heterocycles. The number of thiazole rings is 1. The fourth-order valence-corrected chi connectivity index (χ4v) is 3.87. The van der Waals surface area contributed by atoms with E-state index in [2.05, 4.69) is 62.7 Å². The molecule has 0 bridgehead atoms. The Labute approximate surface area is 176 Å². The van der Waals surface area contributed by atoms with Gasteiger partial charge in [0.05, 0.1) is 23.5 Å². The van der Waals surface area contributed by atoms with Crippen LogP contribution in [0.25, 0.3) is 10.6 Å². The van der Waals surface area contributed by atoms with Crippen molar-refractivity contribution in [2.24, 2.45) is 0 Å². The van der Waals surface area contributed by atoms with Crippen LogP contribution < -0.4 is 10.6 Å². The van der Waals surface area contributed by atoms with Gasteiger partial charge in [-0.05, 0) is 30.2 Å². The van der Waals surface area contributed by atoms with Crippen molar-refractivity contribution in [3.05, 3.63) is 63.6 Å². The second-order valence-electron chi connectivity index (χ2n) is 6.29. The lowest BCUT2D eigenvalue weighted by Crippen LogP contribution is -2.17. The first kappa shape index (κ1) is 20.2. The standard InChI is InChI=1S/C21H20BrN3O2S/c1-3-14-4-6-15(7-5-14)21-24-17(12-28-21)11-20(27)25-19-10-16(22)8-9-18(19)23-13(2)26/h4-10,12H,3,11H2,1-2H3,(H,23,26)(H,25,27). The molecular formula is C21H20BrN3O2S. The van der Waals surface area contributed by atoms with E-state index in [-0.39, 0.29) is 18.2 Å². The van der Waals surface area contributed by atoms with Crippen molar-refractivity contribution in [1.82, 2.24) is 4.98 Å². The molecule has 3 rings (SSSR count). The van der Waals surface area contributed by atoms with Gasteiger partial charge >= 0.3 is 0 Å². The SMILES string of the molecule is CCc1ccc(-c2nc(CC(=O)Nc3cc(Br)ccc3NC(C)=O)cs2)cc1. The minimum Gasteiger partial charge on any atom is -0.325 e. The molecule has 7 heteroatoms. The van der Waals surface area contributed by atoms with E-state index in [1.54, 1.807) is 18.2 Å². The van der Waals surface area contributed by atoms with Crippen molar-refractivity contribution in [3.8, 4) is 10.6 Å². The van der Waals surface area contributed by atoms with Crippen LogP contribution >= 0.6 is 27.3 Å². The summed E-state index contributed by atoms with van der Waals surface area (Å²) in [6.45, 7) is 3.55. The van der Waals surface area contributed by atoms with E-state index in [1.807, 2.05) is 5.38 Å². The van der Waals surface area contributed by atoms with Crippen molar-refractivity contribution >= 4 is 50.5 Å². The molecule has 0 fully saturated rings. The number of carbonyl (C=O) groups is 2. The third-order valence-corrected chi connectivity index (χ3v) is 5.50. The maximum absolute atomic E-state index is 12.5. The van der Waals surface area contributed by atoms with Crippen LogP contribution in [-0.2, 0) is 22.4 Å². The summed E-state index contributed by atoms with van der Waals surface area (Å²) in [6.07, 6.45) is 1.16. The van der Waals surface area contributed by atoms with E-state index >= 15 is 0 Å². The minimum atomic E-state index is -0.198. The number of amides is 2. The Morgan fingerprint density at radius 3 is 2.50 bits per heavy atom. The molecule has 2 aromatic carbocycles. The van der Waals surface area contributed by atoms with E-state index in [1.165, 1.54) is 23.8 Å². The molecule has 0 spiro atoms. The van der Waals surface area contributed by atoms with Crippen LogP contribution in [0.2, 0.25) is 0 Å². The van der Waals surface area contributed by atoms with Gasteiger partial charge in [-0.3, -0.25) is 9.59 Å². The summed E-state index contributed by atoms with van der Waals surface area (Å²) in [5, 5.41) is 8.36. The van der Waals surface area contributed by atoms with Crippen LogP contribution in [0.4, 0.5) is 11.4 Å². The van der Waals surface area contributed by atoms with E-state index < -0.39 is 0 Å². The zero-order chi connectivity index (χ0) is 20.1. The minimum absolute atomic E-state index is 0.162. The Hall–Kier alpha value is -2.51. The van der Waals surface area contributed by atoms with Gasteiger partial charge in [-0.25, -0.2) is 4.98 Å². The van der Waals surface area contributed by atoms with Crippen LogP contribution in [0, 0.1) is 0 Å². The van der Waals surface area contributed by atoms with Crippen molar-refractivity contribution in [3.63, 3.8) is 0 Å². The van der Waals surface area contributed by atoms with Gasteiger partial charge in [0.1, 0.15) is 5.01 Å². The predicted octanol–water partition coefficient (Wildman–Crippen LogP) is 5.27. The Bertz CT molecular complexity index is 999. The van der Waals surface area contributed by atoms with Gasteiger partial charge in [-0.1, -0.05) is 47.1 Å². The highest BCUT2D eigenvalue weighted by molar-refractivity contribution is 9.10. The summed E-state index contributed by atoms with van der Waals surface area (Å²) >= 11 is 4.91. The Morgan fingerprint density at radius 2 is 1.82 bits per heavy atom. The fraction of sp³-hybridized carbons (Fsp3) is 0.190. The van der Waals surface area contributed by atoms with Crippen LogP contribution in [-0.4, -0.2) is 16.8 Å². The van der Waals surface area contributed by atoms with Gasteiger partial charge in [0.15, 0.2) is 0 Å². The average Bonchev–Trinajstić information content (AvgIpc) is 3.12. The summed E-state index contributed by atoms with van der Waals surface area (Å²) in [4.78, 5) is 28.4. The molecule has 3 aromatic rings. The number of aryl methyl sites for hydroxylation is 1. The molecule has 1 aromatic heterocycles. The van der Waals surface area contributed by atoms with E-state index in [9.17, 15) is 9.59 Å². The summed E-state index contributed by atoms with van der Waals surface area (Å²) in [5.41, 5.74) is 4.14. The van der Waals surface area contributed by atoms with E-state index in [0.717, 1.165) is 21.5 Å². The number of nitrogens with one attached hydrogen (secondary N) is 2. The summed E-state index contributed by atoms with van der Waals surface area (Å²) in [6, 6.07) is 13.6. The second kappa shape index (κ2) is 9.12. The zero-order valence-electron chi connectivity index (χ0n) is 15.6. The lowest BCUT2D eigenvalue weighted by atomic mass is 10.1. The van der Waals surface area contributed by atoms with Crippen LogP contribution in [0.5, 0.6) is 0 Å². The van der Waals surface area contributed by atoms with Crippen LogP contribution in [0.1, 0.15) is 25.1 Å². The number of hydrogen-bond donors (Lipinski definition) is 2. The van der Waals surface area contributed by atoms with Crippen LogP contribution in [0.15, 0.2) is 52.3 Å². The van der Waals surface area contributed by atoms with Crippen LogP contribution in [0.3, 0.4) is 0 Å². The smallest absolute Gasteiger partial charge is 0.230 e. The van der Waals surface area contributed by atoms with Gasteiger partial charge in [0.2, 0.25) is 11.8 Å². The summed E-state index contributed by atoms with van der Waals surface area (Å²) < 4.78 is 0.809. The normalized spacial score (nSPS) is 10.5. The second-order valence-corrected chi connectivity index (χ2v) is 8.06. The molecule has 2 N–H and O–H groups in total. The molecule has 144 valence electrons. The Morgan fingerprint density at radius 1 is 1.07 bits per heavy atom. The van der Waals surface area contributed by atoms with Crippen molar-refractivity contribution in [1.29, 1.82) is 0 Å². The van der Waals surface area contributed by atoms with Gasteiger partial charge in [0, 0.05) is 22.3 Å². The average molecular weight is 458 g/mol. The number of rotatable bonds is 6. The lowest BCUT2D eigenvalue weighted by molar-refractivity contribution is -0.116. The lowest BCUT2D eigenvalue weighted by Gasteiger charge is -2.11. The maximum atomic E-state index is 12.5. The summed E-state index contributed by atoms with van der Waals surface area (Å²) in [7, 11) is 0. The molecule has 0 saturated carbocycles. The highest BCUT2D eigenvalue weighted by Crippen LogP contribution is 2.27. The zero-order valence-corrected chi connectivity index (χ0v) is 18.0. The molecule has 0 unspecified atom stereocenters. The van der Waals surface area contributed by atoms with Gasteiger partial charge < -0.3 is 10.6 Å². The molecule has 1 heterocycles. The maximum Gasteiger partial charge on any atom is 0.230 e. The number of benzene rings is 2. The number of halogens is 1. The van der Waals surface area contributed by atoms with Crippen molar-refractivity contribution < 1.29 is 9.59 Å². The van der Waals surface area contributed by atoms with Gasteiger partial charge in [-0.15, -0.1) is 11.3 Å². The Balaban J connectivity index is 1.69. The highest BCUT2D eigenvalue weighted by Gasteiger charge is 2.12. The first-order valence-electron chi connectivity index (χ1n) is 8.85. The third kappa shape index (κ3) is 5.27. The third-order valence-electron chi connectivity index (χ3n) is 4.07. The molecule has 0 atom stereocenters. The molecule has 5 nitrogen and oxygen atoms in total. The molecule has 0 radical (unpaired) electrons. The number of nitrogens with zero attached hydrogens (tertiary/aromatic N) is 1. The molecule has 0 aliphatic heterocycles. The van der Waals surface area contributed by atoms with E-state index in [4.69, 9.17) is 0 Å². The van der Waals surface area contributed by atoms with Crippen molar-refractivity contribution in [2.75, 3.05) is 10.6 Å². The molecule has 28 heavy (non-hydrogen) atoms. The quantitative estimate of drug-likeness (QED) is 0.529. The molecule has 0 aliphatic rings.